The second kappa shape index (κ2) is 19.3. The van der Waals surface area contributed by atoms with Crippen LogP contribution in [0, 0.1) is 0 Å². The number of nitrogens with one attached hydrogen (secondary N) is 1. The Morgan fingerprint density at radius 1 is 1.00 bits per heavy atom. The number of rotatable bonds is 14. The van der Waals surface area contributed by atoms with Crippen LogP contribution in [0.2, 0.25) is 0 Å². The molecule has 0 spiro atoms. The zero-order valence-corrected chi connectivity index (χ0v) is 16.1. The van der Waals surface area contributed by atoms with Crippen molar-refractivity contribution in [1.29, 1.82) is 0 Å². The van der Waals surface area contributed by atoms with Gasteiger partial charge in [-0.05, 0) is 25.5 Å². The van der Waals surface area contributed by atoms with E-state index in [-0.39, 0.29) is 0 Å². The van der Waals surface area contributed by atoms with Gasteiger partial charge in [0.15, 0.2) is 0 Å². The maximum atomic E-state index is 10.2. The van der Waals surface area contributed by atoms with Gasteiger partial charge in [-0.3, -0.25) is 4.79 Å². The molecule has 1 aromatic carbocycles. The van der Waals surface area contributed by atoms with Gasteiger partial charge in [0.1, 0.15) is 6.29 Å². The Morgan fingerprint density at radius 3 is 2.20 bits per heavy atom. The van der Waals surface area contributed by atoms with Crippen LogP contribution in [0.25, 0.3) is 0 Å². The highest BCUT2D eigenvalue weighted by molar-refractivity contribution is 6.17. The van der Waals surface area contributed by atoms with Gasteiger partial charge >= 0.3 is 0 Å². The number of benzene rings is 1. The molecule has 0 aliphatic rings. The third kappa shape index (κ3) is 16.2. The molecule has 0 atom stereocenters. The number of unbranched alkanes of at least 4 members (excludes halogenated alkanes) is 3. The summed E-state index contributed by atoms with van der Waals surface area (Å²) < 4.78 is 10.7. The molecule has 1 rings (SSSR count). The van der Waals surface area contributed by atoms with E-state index >= 15 is 0 Å². The zero-order valence-electron chi connectivity index (χ0n) is 15.3. The Morgan fingerprint density at radius 2 is 1.64 bits per heavy atom. The number of hydrogen-bond donors (Lipinski definition) is 2. The fraction of sp³-hybridized carbons (Fsp3) is 0.632. The van der Waals surface area contributed by atoms with Crippen LogP contribution in [-0.4, -0.2) is 52.2 Å². The fourth-order valence-corrected chi connectivity index (χ4v) is 2.07. The van der Waals surface area contributed by atoms with Crippen molar-refractivity contribution in [2.45, 2.75) is 32.2 Å². The number of nitrogens with two attached hydrogens (primary N) is 1. The summed E-state index contributed by atoms with van der Waals surface area (Å²) in [7, 11) is 1.92. The predicted octanol–water partition coefficient (Wildman–Crippen LogP) is 3.00. The minimum Gasteiger partial charge on any atom is -0.379 e. The number of carbonyl (C=O) groups excluding carboxylic acids is 1. The van der Waals surface area contributed by atoms with Crippen LogP contribution >= 0.6 is 11.6 Å². The van der Waals surface area contributed by atoms with Crippen LogP contribution in [0.3, 0.4) is 0 Å². The summed E-state index contributed by atoms with van der Waals surface area (Å²) in [5.41, 5.74) is 7.09. The lowest BCUT2D eigenvalue weighted by molar-refractivity contribution is 0.0478. The maximum absolute atomic E-state index is 10.2. The second-order valence-electron chi connectivity index (χ2n) is 5.50. The summed E-state index contributed by atoms with van der Waals surface area (Å²) in [4.78, 5) is 10.2. The van der Waals surface area contributed by atoms with E-state index in [1.807, 2.05) is 19.2 Å². The highest BCUT2D eigenvalue weighted by Gasteiger charge is 1.91. The first kappa shape index (κ1) is 24.0. The molecule has 25 heavy (non-hydrogen) atoms. The smallest absolute Gasteiger partial charge is 0.150 e. The predicted molar refractivity (Wildman–Crippen MR) is 104 cm³/mol. The summed E-state index contributed by atoms with van der Waals surface area (Å²) in [5.74, 6) is 0.778. The SMILES string of the molecule is CNCCOCCOCCCCCCCl.NCc1ccc(C=O)cc1. The molecule has 1 aromatic rings. The molecule has 0 saturated heterocycles. The molecule has 0 bridgehead atoms. The third-order valence-corrected chi connectivity index (χ3v) is 3.66. The van der Waals surface area contributed by atoms with E-state index in [1.54, 1.807) is 12.1 Å². The van der Waals surface area contributed by atoms with Crippen LogP contribution in [0.5, 0.6) is 0 Å². The van der Waals surface area contributed by atoms with E-state index in [4.69, 9.17) is 26.8 Å². The Labute approximate surface area is 157 Å². The average Bonchev–Trinajstić information content (AvgIpc) is 2.66. The molecule has 0 unspecified atom stereocenters. The molecule has 6 heteroatoms. The van der Waals surface area contributed by atoms with Crippen LogP contribution in [0.1, 0.15) is 41.6 Å². The molecule has 0 saturated carbocycles. The van der Waals surface area contributed by atoms with E-state index in [0.717, 1.165) is 50.3 Å². The van der Waals surface area contributed by atoms with Crippen molar-refractivity contribution in [2.75, 3.05) is 45.9 Å². The largest absolute Gasteiger partial charge is 0.379 e. The molecule has 0 heterocycles. The van der Waals surface area contributed by atoms with Gasteiger partial charge in [-0.1, -0.05) is 37.1 Å². The van der Waals surface area contributed by atoms with E-state index in [0.29, 0.717) is 25.3 Å². The van der Waals surface area contributed by atoms with Crippen LogP contribution in [0.15, 0.2) is 24.3 Å². The van der Waals surface area contributed by atoms with Crippen molar-refractivity contribution in [1.82, 2.24) is 5.32 Å². The van der Waals surface area contributed by atoms with Gasteiger partial charge in [0.25, 0.3) is 0 Å². The number of hydrogen-bond acceptors (Lipinski definition) is 5. The zero-order chi connectivity index (χ0) is 18.6. The Bertz CT molecular complexity index is 390. The van der Waals surface area contributed by atoms with Crippen LogP contribution < -0.4 is 11.1 Å². The van der Waals surface area contributed by atoms with Crippen molar-refractivity contribution in [3.63, 3.8) is 0 Å². The number of aldehydes is 1. The van der Waals surface area contributed by atoms with Crippen molar-refractivity contribution in [3.8, 4) is 0 Å². The lowest BCUT2D eigenvalue weighted by Crippen LogP contribution is -2.16. The highest BCUT2D eigenvalue weighted by atomic mass is 35.5. The van der Waals surface area contributed by atoms with Gasteiger partial charge in [0.05, 0.1) is 19.8 Å². The van der Waals surface area contributed by atoms with Gasteiger partial charge in [-0.25, -0.2) is 0 Å². The molecule has 0 aliphatic heterocycles. The van der Waals surface area contributed by atoms with Crippen molar-refractivity contribution in [2.24, 2.45) is 5.73 Å². The van der Waals surface area contributed by atoms with Gasteiger partial charge in [-0.2, -0.15) is 0 Å². The first-order chi connectivity index (χ1) is 12.3. The quantitative estimate of drug-likeness (QED) is 0.298. The summed E-state index contributed by atoms with van der Waals surface area (Å²) in [6.45, 7) is 4.44. The number of halogens is 1. The minimum absolute atomic E-state index is 0.527. The van der Waals surface area contributed by atoms with Crippen LogP contribution in [-0.2, 0) is 16.0 Å². The van der Waals surface area contributed by atoms with Gasteiger partial charge in [0.2, 0.25) is 0 Å². The molecular weight excluding hydrogens is 340 g/mol. The standard InChI is InChI=1S/C11H24ClNO2.C8H9NO/c1-13-7-9-15-11-10-14-8-5-3-2-4-6-12;9-5-7-1-3-8(6-10)4-2-7/h13H,2-11H2,1H3;1-4,6H,5,9H2. The Hall–Kier alpha value is -0.980. The van der Waals surface area contributed by atoms with Crippen molar-refractivity contribution in [3.05, 3.63) is 35.4 Å². The van der Waals surface area contributed by atoms with Crippen molar-refractivity contribution >= 4 is 17.9 Å². The molecule has 0 fully saturated rings. The van der Waals surface area contributed by atoms with E-state index in [9.17, 15) is 4.79 Å². The summed E-state index contributed by atoms with van der Waals surface area (Å²) in [6, 6.07) is 7.22. The monoisotopic (exact) mass is 372 g/mol. The van der Waals surface area contributed by atoms with Crippen molar-refractivity contribution < 1.29 is 14.3 Å². The first-order valence-electron chi connectivity index (χ1n) is 8.88. The van der Waals surface area contributed by atoms with Gasteiger partial charge < -0.3 is 20.5 Å². The molecule has 0 aromatic heterocycles. The number of carbonyl (C=O) groups is 1. The molecule has 0 amide bonds. The third-order valence-electron chi connectivity index (χ3n) is 3.39. The first-order valence-corrected chi connectivity index (χ1v) is 9.42. The van der Waals surface area contributed by atoms with Crippen LogP contribution in [0.4, 0.5) is 0 Å². The molecule has 0 aliphatic carbocycles. The normalized spacial score (nSPS) is 10.2. The molecule has 0 radical (unpaired) electrons. The fourth-order valence-electron chi connectivity index (χ4n) is 1.88. The summed E-state index contributed by atoms with van der Waals surface area (Å²) >= 11 is 5.57. The summed E-state index contributed by atoms with van der Waals surface area (Å²) in [5, 5.41) is 3.02. The number of likely N-dealkylation sites (N-methyl/N-ethyl adjacent to an activating group) is 1. The topological polar surface area (TPSA) is 73.6 Å². The van der Waals surface area contributed by atoms with E-state index in [2.05, 4.69) is 5.32 Å². The highest BCUT2D eigenvalue weighted by Crippen LogP contribution is 2.01. The Balaban J connectivity index is 0.000000496. The number of alkyl halides is 1. The van der Waals surface area contributed by atoms with Gasteiger partial charge in [-0.15, -0.1) is 11.6 Å². The molecular formula is C19H33ClN2O3. The minimum atomic E-state index is 0.527. The molecule has 3 N–H and O–H groups in total. The summed E-state index contributed by atoms with van der Waals surface area (Å²) in [6.07, 6.45) is 5.50. The average molecular weight is 373 g/mol. The Kier molecular flexibility index (Phi) is 18.6. The molecule has 144 valence electrons. The van der Waals surface area contributed by atoms with E-state index < -0.39 is 0 Å². The maximum Gasteiger partial charge on any atom is 0.150 e. The number of ether oxygens (including phenoxy) is 2. The second-order valence-corrected chi connectivity index (χ2v) is 5.87. The lowest BCUT2D eigenvalue weighted by atomic mass is 10.1. The van der Waals surface area contributed by atoms with E-state index in [1.165, 1.54) is 12.8 Å². The van der Waals surface area contributed by atoms with Gasteiger partial charge in [0, 0.05) is 31.1 Å². The lowest BCUT2D eigenvalue weighted by Gasteiger charge is -2.05. The molecule has 5 nitrogen and oxygen atoms in total.